The summed E-state index contributed by atoms with van der Waals surface area (Å²) in [5.41, 5.74) is 3.48. The molecule has 2 heterocycles. The van der Waals surface area contributed by atoms with Gasteiger partial charge in [-0.15, -0.1) is 0 Å². The second-order valence-corrected chi connectivity index (χ2v) is 9.53. The van der Waals surface area contributed by atoms with Crippen molar-refractivity contribution < 1.29 is 18.3 Å². The second-order valence-electron chi connectivity index (χ2n) is 7.60. The van der Waals surface area contributed by atoms with Crippen molar-refractivity contribution in [2.75, 3.05) is 5.75 Å². The van der Waals surface area contributed by atoms with Crippen LogP contribution in [0.5, 0.6) is 0 Å². The third-order valence-electron chi connectivity index (χ3n) is 5.39. The fraction of sp³-hybridized carbons (Fsp3) is 0.208. The van der Waals surface area contributed by atoms with E-state index in [2.05, 4.69) is 0 Å². The van der Waals surface area contributed by atoms with Crippen LogP contribution in [0, 0.1) is 0 Å². The average Bonchev–Trinajstić information content (AvgIpc) is 3.39. The Balaban J connectivity index is 1.52. The molecule has 0 bridgehead atoms. The number of amides is 1. The lowest BCUT2D eigenvalue weighted by Crippen LogP contribution is -2.41. The van der Waals surface area contributed by atoms with Gasteiger partial charge in [-0.1, -0.05) is 42.5 Å². The summed E-state index contributed by atoms with van der Waals surface area (Å²) < 4.78 is 25.8. The van der Waals surface area contributed by atoms with Crippen molar-refractivity contribution in [3.63, 3.8) is 0 Å². The summed E-state index contributed by atoms with van der Waals surface area (Å²) in [6.07, 6.45) is 3.65. The molecule has 0 spiro atoms. The Morgan fingerprint density at radius 1 is 1.00 bits per heavy atom. The van der Waals surface area contributed by atoms with E-state index in [9.17, 15) is 18.3 Å². The number of sulfone groups is 1. The average molecular weight is 437 g/mol. The first-order chi connectivity index (χ1) is 14.9. The fourth-order valence-electron chi connectivity index (χ4n) is 3.77. The third kappa shape index (κ3) is 4.95. The van der Waals surface area contributed by atoms with Gasteiger partial charge in [-0.3, -0.25) is 4.79 Å². The number of carbonyl (C=O) groups excluding carboxylic acids is 1. The number of hydrogen-bond acceptors (Lipinski definition) is 4. The molecule has 1 amide bonds. The van der Waals surface area contributed by atoms with Crippen molar-refractivity contribution in [1.82, 2.24) is 9.47 Å². The van der Waals surface area contributed by atoms with Crippen LogP contribution < -0.4 is 0 Å². The number of aliphatic hydroxyl groups excluding tert-OH is 1. The zero-order valence-corrected chi connectivity index (χ0v) is 17.8. The first kappa shape index (κ1) is 21.1. The maximum atomic E-state index is 13.2. The number of aliphatic hydroxyl groups is 1. The van der Waals surface area contributed by atoms with Crippen LogP contribution in [-0.2, 0) is 34.2 Å². The van der Waals surface area contributed by atoms with Crippen LogP contribution in [0.1, 0.15) is 16.8 Å². The van der Waals surface area contributed by atoms with Gasteiger partial charge in [0.1, 0.15) is 0 Å². The van der Waals surface area contributed by atoms with Crippen LogP contribution in [0.15, 0.2) is 84.4 Å². The molecule has 1 N–H and O–H groups in total. The fourth-order valence-corrected chi connectivity index (χ4v) is 5.07. The van der Waals surface area contributed by atoms with Crippen molar-refractivity contribution in [2.45, 2.75) is 25.6 Å². The van der Waals surface area contributed by atoms with E-state index in [1.165, 1.54) is 5.41 Å². The van der Waals surface area contributed by atoms with Crippen molar-refractivity contribution in [2.24, 2.45) is 0 Å². The number of aromatic nitrogens is 1. The Morgan fingerprint density at radius 3 is 2.39 bits per heavy atom. The highest BCUT2D eigenvalue weighted by Gasteiger charge is 2.30. The van der Waals surface area contributed by atoms with E-state index >= 15 is 0 Å². The summed E-state index contributed by atoms with van der Waals surface area (Å²) in [7, 11) is -3.27. The van der Waals surface area contributed by atoms with Crippen LogP contribution in [0.25, 0.3) is 5.69 Å². The molecule has 6 nitrogen and oxygen atoms in total. The molecule has 0 aliphatic carbocycles. The van der Waals surface area contributed by atoms with Crippen LogP contribution in [0.4, 0.5) is 0 Å². The number of nitrogens with zero attached hydrogens (tertiary/aromatic N) is 2. The number of hydrogen-bond donors (Lipinski definition) is 1. The summed E-state index contributed by atoms with van der Waals surface area (Å²) >= 11 is 0. The van der Waals surface area contributed by atoms with E-state index in [4.69, 9.17) is 0 Å². The van der Waals surface area contributed by atoms with Gasteiger partial charge in [0.2, 0.25) is 5.91 Å². The molecule has 1 aliphatic heterocycles. The smallest absolute Gasteiger partial charge is 0.227 e. The van der Waals surface area contributed by atoms with E-state index in [1.807, 2.05) is 77.5 Å². The lowest BCUT2D eigenvalue weighted by molar-refractivity contribution is -0.132. The number of rotatable bonds is 7. The molecule has 0 radical (unpaired) electrons. The minimum Gasteiger partial charge on any atom is -0.390 e. The molecule has 0 fully saturated rings. The minimum absolute atomic E-state index is 0.0561. The van der Waals surface area contributed by atoms with Gasteiger partial charge in [-0.05, 0) is 41.5 Å². The molecule has 4 rings (SSSR count). The highest BCUT2D eigenvalue weighted by Crippen LogP contribution is 2.20. The Labute approximate surface area is 182 Å². The van der Waals surface area contributed by atoms with Gasteiger partial charge in [0.25, 0.3) is 0 Å². The summed E-state index contributed by atoms with van der Waals surface area (Å²) in [5, 5.41) is 10.6. The highest BCUT2D eigenvalue weighted by molar-refractivity contribution is 7.94. The Morgan fingerprint density at radius 2 is 1.74 bits per heavy atom. The standard InChI is InChI=1S/C24H24N2O4S/c27-17-22-7-4-13-25(22)21-10-8-19(9-11-21)15-24(28)26(16-20-5-2-1-3-6-20)23-12-14-31(29,30)18-23/h1-14,23,27H,15-18H2. The summed E-state index contributed by atoms with van der Waals surface area (Å²) in [5.74, 6) is -0.206. The Hall–Kier alpha value is -3.16. The van der Waals surface area contributed by atoms with Gasteiger partial charge < -0.3 is 14.6 Å². The van der Waals surface area contributed by atoms with Crippen molar-refractivity contribution in [3.8, 4) is 5.69 Å². The number of carbonyl (C=O) groups is 1. The molecule has 0 saturated heterocycles. The lowest BCUT2D eigenvalue weighted by atomic mass is 10.1. The molecule has 2 aromatic carbocycles. The van der Waals surface area contributed by atoms with E-state index in [-0.39, 0.29) is 24.7 Å². The molecule has 3 aromatic rings. The Kier molecular flexibility index (Phi) is 6.06. The monoisotopic (exact) mass is 436 g/mol. The highest BCUT2D eigenvalue weighted by atomic mass is 32.2. The maximum Gasteiger partial charge on any atom is 0.227 e. The quantitative estimate of drug-likeness (QED) is 0.618. The summed E-state index contributed by atoms with van der Waals surface area (Å²) in [6, 6.07) is 20.4. The largest absolute Gasteiger partial charge is 0.390 e. The lowest BCUT2D eigenvalue weighted by Gasteiger charge is -2.28. The SMILES string of the molecule is O=C(Cc1ccc(-n2cccc2CO)cc1)N(Cc1ccccc1)C1C=CS(=O)(=O)C1. The second kappa shape index (κ2) is 8.91. The van der Waals surface area contributed by atoms with Gasteiger partial charge in [0.15, 0.2) is 9.84 Å². The topological polar surface area (TPSA) is 79.6 Å². The zero-order chi connectivity index (χ0) is 21.8. The molecular formula is C24H24N2O4S. The molecule has 1 aliphatic rings. The van der Waals surface area contributed by atoms with E-state index in [0.29, 0.717) is 6.54 Å². The molecule has 1 unspecified atom stereocenters. The zero-order valence-electron chi connectivity index (χ0n) is 17.0. The minimum atomic E-state index is -3.27. The molecule has 7 heteroatoms. The van der Waals surface area contributed by atoms with Crippen LogP contribution in [0.2, 0.25) is 0 Å². The molecule has 1 atom stereocenters. The molecule has 0 saturated carbocycles. The van der Waals surface area contributed by atoms with Crippen LogP contribution in [-0.4, -0.2) is 40.7 Å². The maximum absolute atomic E-state index is 13.2. The molecule has 31 heavy (non-hydrogen) atoms. The van der Waals surface area contributed by atoms with Gasteiger partial charge in [0.05, 0.1) is 24.8 Å². The van der Waals surface area contributed by atoms with Crippen molar-refractivity contribution >= 4 is 15.7 Å². The van der Waals surface area contributed by atoms with Crippen molar-refractivity contribution in [3.05, 3.63) is 101 Å². The molecule has 1 aromatic heterocycles. The van der Waals surface area contributed by atoms with E-state index in [1.54, 1.807) is 11.0 Å². The first-order valence-corrected chi connectivity index (χ1v) is 11.8. The normalized spacial score (nSPS) is 17.0. The van der Waals surface area contributed by atoms with E-state index in [0.717, 1.165) is 22.5 Å². The van der Waals surface area contributed by atoms with Crippen LogP contribution in [0.3, 0.4) is 0 Å². The predicted octanol–water partition coefficient (Wildman–Crippen LogP) is 2.85. The number of benzene rings is 2. The Bertz CT molecular complexity index is 1180. The van der Waals surface area contributed by atoms with E-state index < -0.39 is 15.9 Å². The molecule has 160 valence electrons. The predicted molar refractivity (Wildman–Crippen MR) is 119 cm³/mol. The van der Waals surface area contributed by atoms with Gasteiger partial charge in [-0.2, -0.15) is 0 Å². The summed E-state index contributed by atoms with van der Waals surface area (Å²) in [4.78, 5) is 14.8. The first-order valence-electron chi connectivity index (χ1n) is 10.1. The molecular weight excluding hydrogens is 412 g/mol. The van der Waals surface area contributed by atoms with Gasteiger partial charge in [0, 0.05) is 29.5 Å². The van der Waals surface area contributed by atoms with Gasteiger partial charge >= 0.3 is 0 Å². The van der Waals surface area contributed by atoms with Gasteiger partial charge in [-0.25, -0.2) is 8.42 Å². The van der Waals surface area contributed by atoms with Crippen molar-refractivity contribution in [1.29, 1.82) is 0 Å². The van der Waals surface area contributed by atoms with Crippen LogP contribution >= 0.6 is 0 Å². The third-order valence-corrected chi connectivity index (χ3v) is 6.77. The summed E-state index contributed by atoms with van der Waals surface area (Å²) in [6.45, 7) is 0.297.